The summed E-state index contributed by atoms with van der Waals surface area (Å²) < 4.78 is 1.07. The Hall–Kier alpha value is -0.300. The SMILES string of the molecule is C=C1CCCCC1C[N+](C)(C)C. The largest absolute Gasteiger partial charge is 0.330 e. The van der Waals surface area contributed by atoms with Crippen LogP contribution in [0.25, 0.3) is 0 Å². The van der Waals surface area contributed by atoms with E-state index in [0.717, 1.165) is 10.4 Å². The lowest BCUT2D eigenvalue weighted by atomic mass is 9.85. The molecule has 70 valence electrons. The maximum atomic E-state index is 4.17. The number of rotatable bonds is 2. The molecule has 1 aliphatic carbocycles. The third-order valence-corrected chi connectivity index (χ3v) is 2.65. The molecule has 0 saturated heterocycles. The van der Waals surface area contributed by atoms with E-state index >= 15 is 0 Å². The fourth-order valence-corrected chi connectivity index (χ4v) is 2.03. The maximum Gasteiger partial charge on any atom is 0.0846 e. The first-order valence-corrected chi connectivity index (χ1v) is 4.97. The highest BCUT2D eigenvalue weighted by Crippen LogP contribution is 2.28. The van der Waals surface area contributed by atoms with Gasteiger partial charge in [0.1, 0.15) is 0 Å². The fraction of sp³-hybridized carbons (Fsp3) is 0.818. The lowest BCUT2D eigenvalue weighted by molar-refractivity contribution is -0.873. The van der Waals surface area contributed by atoms with Crippen LogP contribution in [0.4, 0.5) is 0 Å². The summed E-state index contributed by atoms with van der Waals surface area (Å²) in [5.74, 6) is 0.791. The van der Waals surface area contributed by atoms with E-state index in [1.165, 1.54) is 37.8 Å². The Kier molecular flexibility index (Phi) is 2.94. The first-order chi connectivity index (χ1) is 5.49. The Bertz CT molecular complexity index is 164. The van der Waals surface area contributed by atoms with E-state index in [0.29, 0.717) is 0 Å². The quantitative estimate of drug-likeness (QED) is 0.439. The summed E-state index contributed by atoms with van der Waals surface area (Å²) in [7, 11) is 6.80. The molecule has 12 heavy (non-hydrogen) atoms. The average Bonchev–Trinajstić information content (AvgIpc) is 1.91. The second-order valence-electron chi connectivity index (χ2n) is 5.07. The highest BCUT2D eigenvalue weighted by atomic mass is 15.3. The van der Waals surface area contributed by atoms with Crippen molar-refractivity contribution < 1.29 is 4.48 Å². The van der Waals surface area contributed by atoms with Crippen molar-refractivity contribution in [2.75, 3.05) is 27.7 Å². The predicted octanol–water partition coefficient (Wildman–Crippen LogP) is 2.44. The Balaban J connectivity index is 2.45. The van der Waals surface area contributed by atoms with Gasteiger partial charge >= 0.3 is 0 Å². The number of nitrogens with zero attached hydrogens (tertiary/aromatic N) is 1. The number of hydrogen-bond acceptors (Lipinski definition) is 0. The zero-order chi connectivity index (χ0) is 9.19. The molecule has 1 heteroatoms. The molecule has 0 radical (unpaired) electrons. The summed E-state index contributed by atoms with van der Waals surface area (Å²) in [6.45, 7) is 5.43. The van der Waals surface area contributed by atoms with Crippen LogP contribution in [0.5, 0.6) is 0 Å². The van der Waals surface area contributed by atoms with Gasteiger partial charge < -0.3 is 4.48 Å². The third-order valence-electron chi connectivity index (χ3n) is 2.65. The van der Waals surface area contributed by atoms with Gasteiger partial charge in [-0.1, -0.05) is 18.6 Å². The average molecular weight is 168 g/mol. The van der Waals surface area contributed by atoms with E-state index in [9.17, 15) is 0 Å². The smallest absolute Gasteiger partial charge is 0.0846 e. The topological polar surface area (TPSA) is 0 Å². The van der Waals surface area contributed by atoms with E-state index in [-0.39, 0.29) is 0 Å². The first-order valence-electron chi connectivity index (χ1n) is 4.97. The molecule has 1 fully saturated rings. The summed E-state index contributed by atoms with van der Waals surface area (Å²) in [4.78, 5) is 0. The van der Waals surface area contributed by atoms with Crippen molar-refractivity contribution in [2.24, 2.45) is 5.92 Å². The minimum absolute atomic E-state index is 0.791. The third kappa shape index (κ3) is 2.98. The monoisotopic (exact) mass is 168 g/mol. The molecule has 1 atom stereocenters. The molecular formula is C11H22N+. The van der Waals surface area contributed by atoms with E-state index in [2.05, 4.69) is 27.7 Å². The summed E-state index contributed by atoms with van der Waals surface area (Å²) in [6.07, 6.45) is 5.41. The molecular weight excluding hydrogens is 146 g/mol. The van der Waals surface area contributed by atoms with Gasteiger partial charge in [-0.3, -0.25) is 0 Å². The minimum Gasteiger partial charge on any atom is -0.330 e. The Morgan fingerprint density at radius 2 is 2.00 bits per heavy atom. The van der Waals surface area contributed by atoms with Crippen LogP contribution >= 0.6 is 0 Å². The molecule has 1 nitrogen and oxygen atoms in total. The van der Waals surface area contributed by atoms with Crippen LogP contribution < -0.4 is 0 Å². The van der Waals surface area contributed by atoms with Crippen LogP contribution in [0.3, 0.4) is 0 Å². The molecule has 0 aromatic rings. The van der Waals surface area contributed by atoms with Gasteiger partial charge in [-0.2, -0.15) is 0 Å². The number of quaternary nitrogens is 1. The Morgan fingerprint density at radius 3 is 2.50 bits per heavy atom. The molecule has 1 unspecified atom stereocenters. The number of hydrogen-bond donors (Lipinski definition) is 0. The van der Waals surface area contributed by atoms with Crippen LogP contribution in [-0.2, 0) is 0 Å². The maximum absolute atomic E-state index is 4.17. The van der Waals surface area contributed by atoms with Gasteiger partial charge in [-0.15, -0.1) is 0 Å². The Morgan fingerprint density at radius 1 is 1.33 bits per heavy atom. The molecule has 1 rings (SSSR count). The van der Waals surface area contributed by atoms with Crippen LogP contribution in [0.1, 0.15) is 25.7 Å². The summed E-state index contributed by atoms with van der Waals surface area (Å²) in [5, 5.41) is 0. The van der Waals surface area contributed by atoms with E-state index in [1.54, 1.807) is 0 Å². The van der Waals surface area contributed by atoms with Gasteiger partial charge in [0.25, 0.3) is 0 Å². The van der Waals surface area contributed by atoms with Gasteiger partial charge in [0, 0.05) is 5.92 Å². The van der Waals surface area contributed by atoms with Crippen LogP contribution in [0.15, 0.2) is 12.2 Å². The summed E-state index contributed by atoms with van der Waals surface area (Å²) in [5.41, 5.74) is 1.49. The van der Waals surface area contributed by atoms with Crippen LogP contribution in [-0.4, -0.2) is 32.2 Å². The molecule has 0 spiro atoms. The lowest BCUT2D eigenvalue weighted by Crippen LogP contribution is -2.40. The molecule has 0 N–H and O–H groups in total. The van der Waals surface area contributed by atoms with Crippen molar-refractivity contribution in [2.45, 2.75) is 25.7 Å². The molecule has 0 amide bonds. The summed E-state index contributed by atoms with van der Waals surface area (Å²) in [6, 6.07) is 0. The normalized spacial score (nSPS) is 25.9. The second-order valence-corrected chi connectivity index (χ2v) is 5.07. The van der Waals surface area contributed by atoms with Crippen molar-refractivity contribution >= 4 is 0 Å². The zero-order valence-corrected chi connectivity index (χ0v) is 8.77. The van der Waals surface area contributed by atoms with Gasteiger partial charge in [0.15, 0.2) is 0 Å². The van der Waals surface area contributed by atoms with E-state index in [1.807, 2.05) is 0 Å². The van der Waals surface area contributed by atoms with Gasteiger partial charge in [-0.25, -0.2) is 0 Å². The van der Waals surface area contributed by atoms with Crippen LogP contribution in [0.2, 0.25) is 0 Å². The van der Waals surface area contributed by atoms with Crippen molar-refractivity contribution in [3.05, 3.63) is 12.2 Å². The zero-order valence-electron chi connectivity index (χ0n) is 8.77. The summed E-state index contributed by atoms with van der Waals surface area (Å²) >= 11 is 0. The van der Waals surface area contributed by atoms with E-state index in [4.69, 9.17) is 0 Å². The van der Waals surface area contributed by atoms with Crippen molar-refractivity contribution in [3.63, 3.8) is 0 Å². The lowest BCUT2D eigenvalue weighted by Gasteiger charge is -2.32. The molecule has 1 saturated carbocycles. The van der Waals surface area contributed by atoms with Crippen molar-refractivity contribution in [1.29, 1.82) is 0 Å². The highest BCUT2D eigenvalue weighted by molar-refractivity contribution is 5.03. The van der Waals surface area contributed by atoms with Gasteiger partial charge in [-0.05, 0) is 19.3 Å². The molecule has 0 aromatic carbocycles. The second kappa shape index (κ2) is 3.61. The van der Waals surface area contributed by atoms with Gasteiger partial charge in [0.05, 0.1) is 27.7 Å². The molecule has 0 aromatic heterocycles. The predicted molar refractivity (Wildman–Crippen MR) is 54.0 cm³/mol. The highest BCUT2D eigenvalue weighted by Gasteiger charge is 2.22. The van der Waals surface area contributed by atoms with Crippen molar-refractivity contribution in [3.8, 4) is 0 Å². The fourth-order valence-electron chi connectivity index (χ4n) is 2.03. The molecule has 0 heterocycles. The molecule has 1 aliphatic rings. The molecule has 0 bridgehead atoms. The van der Waals surface area contributed by atoms with Crippen LogP contribution in [0, 0.1) is 5.92 Å². The van der Waals surface area contributed by atoms with E-state index < -0.39 is 0 Å². The minimum atomic E-state index is 0.791. The standard InChI is InChI=1S/C11H22N/c1-10-7-5-6-8-11(10)9-12(2,3)4/h11H,1,5-9H2,2-4H3/q+1. The Labute approximate surface area is 76.7 Å². The van der Waals surface area contributed by atoms with Crippen molar-refractivity contribution in [1.82, 2.24) is 0 Å². The first kappa shape index (κ1) is 9.79. The van der Waals surface area contributed by atoms with Gasteiger partial charge in [0.2, 0.25) is 0 Å². The molecule has 0 aliphatic heterocycles.